The van der Waals surface area contributed by atoms with Crippen LogP contribution in [0.2, 0.25) is 0 Å². The van der Waals surface area contributed by atoms with Gasteiger partial charge in [-0.2, -0.15) is 0 Å². The van der Waals surface area contributed by atoms with Gasteiger partial charge in [0, 0.05) is 80.1 Å². The van der Waals surface area contributed by atoms with Gasteiger partial charge in [0.25, 0.3) is 5.91 Å². The summed E-state index contributed by atoms with van der Waals surface area (Å²) in [5, 5.41) is 1.21. The quantitative estimate of drug-likeness (QED) is 0.627. The molecule has 33 heavy (non-hydrogen) atoms. The molecule has 5 nitrogen and oxygen atoms in total. The van der Waals surface area contributed by atoms with Crippen LogP contribution in [0.3, 0.4) is 0 Å². The summed E-state index contributed by atoms with van der Waals surface area (Å²) in [6, 6.07) is 17.4. The van der Waals surface area contributed by atoms with Gasteiger partial charge in [0.05, 0.1) is 0 Å². The first-order chi connectivity index (χ1) is 16.1. The van der Waals surface area contributed by atoms with E-state index in [4.69, 9.17) is 0 Å². The van der Waals surface area contributed by atoms with Gasteiger partial charge in [-0.05, 0) is 43.5 Å². The molecule has 172 valence electrons. The molecule has 3 heterocycles. The Bertz CT molecular complexity index is 1140. The highest BCUT2D eigenvalue weighted by atomic mass is 16.2. The third-order valence-electron chi connectivity index (χ3n) is 7.15. The van der Waals surface area contributed by atoms with Crippen LogP contribution in [-0.4, -0.2) is 70.9 Å². The standard InChI is InChI=1S/C28H34N4O/c1-21(2)31-14-16-32(17-15-31)28(33)24-8-9-25-26(19-29-27(25)18-24)23-10-12-30(13-11-23)20-22-6-4-3-5-7-22/h3-10,18-19,21,29H,11-17,20H2,1-2H3. The molecule has 1 fully saturated rings. The van der Waals surface area contributed by atoms with Crippen LogP contribution in [-0.2, 0) is 6.54 Å². The van der Waals surface area contributed by atoms with E-state index in [9.17, 15) is 4.79 Å². The average molecular weight is 443 g/mol. The van der Waals surface area contributed by atoms with Crippen molar-refractivity contribution in [2.75, 3.05) is 39.3 Å². The summed E-state index contributed by atoms with van der Waals surface area (Å²) in [6.45, 7) is 11.0. The van der Waals surface area contributed by atoms with Crippen LogP contribution < -0.4 is 0 Å². The smallest absolute Gasteiger partial charge is 0.254 e. The Morgan fingerprint density at radius 2 is 1.79 bits per heavy atom. The summed E-state index contributed by atoms with van der Waals surface area (Å²) in [4.78, 5) is 23.4. The number of aromatic amines is 1. The fourth-order valence-electron chi connectivity index (χ4n) is 5.09. The van der Waals surface area contributed by atoms with Gasteiger partial charge in [0.15, 0.2) is 0 Å². The number of fused-ring (bicyclic) bond motifs is 1. The highest BCUT2D eigenvalue weighted by Crippen LogP contribution is 2.30. The zero-order valence-corrected chi connectivity index (χ0v) is 19.8. The molecule has 0 radical (unpaired) electrons. The summed E-state index contributed by atoms with van der Waals surface area (Å²) in [7, 11) is 0. The second-order valence-electron chi connectivity index (χ2n) is 9.58. The van der Waals surface area contributed by atoms with Crippen molar-refractivity contribution in [3.05, 3.63) is 77.5 Å². The lowest BCUT2D eigenvalue weighted by atomic mass is 9.98. The van der Waals surface area contributed by atoms with E-state index in [2.05, 4.69) is 77.3 Å². The summed E-state index contributed by atoms with van der Waals surface area (Å²) >= 11 is 0. The predicted molar refractivity (Wildman–Crippen MR) is 135 cm³/mol. The first-order valence-corrected chi connectivity index (χ1v) is 12.2. The Labute approximate surface area is 196 Å². The Hall–Kier alpha value is -2.89. The summed E-state index contributed by atoms with van der Waals surface area (Å²) < 4.78 is 0. The van der Waals surface area contributed by atoms with Crippen molar-refractivity contribution in [3.8, 4) is 0 Å². The molecule has 2 aromatic carbocycles. The number of piperazine rings is 1. The van der Waals surface area contributed by atoms with Gasteiger partial charge >= 0.3 is 0 Å². The molecule has 0 unspecified atom stereocenters. The van der Waals surface area contributed by atoms with Gasteiger partial charge in [-0.3, -0.25) is 14.6 Å². The van der Waals surface area contributed by atoms with E-state index < -0.39 is 0 Å². The monoisotopic (exact) mass is 442 g/mol. The van der Waals surface area contributed by atoms with E-state index in [1.54, 1.807) is 0 Å². The molecular weight excluding hydrogens is 408 g/mol. The number of hydrogen-bond acceptors (Lipinski definition) is 3. The van der Waals surface area contributed by atoms with E-state index in [0.717, 1.165) is 63.3 Å². The highest BCUT2D eigenvalue weighted by Gasteiger charge is 2.24. The lowest BCUT2D eigenvalue weighted by molar-refractivity contribution is 0.0595. The maximum absolute atomic E-state index is 13.1. The van der Waals surface area contributed by atoms with E-state index in [1.165, 1.54) is 22.1 Å². The number of H-pyrrole nitrogens is 1. The van der Waals surface area contributed by atoms with Crippen molar-refractivity contribution < 1.29 is 4.79 Å². The van der Waals surface area contributed by atoms with Crippen LogP contribution in [0.4, 0.5) is 0 Å². The molecule has 3 aromatic rings. The third kappa shape index (κ3) is 4.75. The molecule has 5 rings (SSSR count). The average Bonchev–Trinajstić information content (AvgIpc) is 3.28. The summed E-state index contributed by atoms with van der Waals surface area (Å²) in [5.41, 5.74) is 5.86. The Morgan fingerprint density at radius 1 is 1.00 bits per heavy atom. The van der Waals surface area contributed by atoms with Crippen LogP contribution in [0.5, 0.6) is 0 Å². The van der Waals surface area contributed by atoms with Gasteiger partial charge < -0.3 is 9.88 Å². The molecule has 0 aliphatic carbocycles. The van der Waals surface area contributed by atoms with Gasteiger partial charge in [-0.15, -0.1) is 0 Å². The number of aromatic nitrogens is 1. The molecule has 2 aliphatic rings. The van der Waals surface area contributed by atoms with E-state index in [1.807, 2.05) is 17.0 Å². The second-order valence-corrected chi connectivity index (χ2v) is 9.58. The molecule has 1 saturated heterocycles. The summed E-state index contributed by atoms with van der Waals surface area (Å²) in [5.74, 6) is 0.143. The zero-order chi connectivity index (χ0) is 22.8. The number of hydrogen-bond donors (Lipinski definition) is 1. The number of nitrogens with one attached hydrogen (secondary N) is 1. The maximum Gasteiger partial charge on any atom is 0.254 e. The fourth-order valence-corrected chi connectivity index (χ4v) is 5.09. The Morgan fingerprint density at radius 3 is 2.48 bits per heavy atom. The van der Waals surface area contributed by atoms with Crippen molar-refractivity contribution in [2.45, 2.75) is 32.9 Å². The Balaban J connectivity index is 1.26. The molecule has 1 amide bonds. The van der Waals surface area contributed by atoms with Crippen LogP contribution in [0.15, 0.2) is 60.8 Å². The van der Waals surface area contributed by atoms with Gasteiger partial charge in [-0.25, -0.2) is 0 Å². The molecule has 0 saturated carbocycles. The fraction of sp³-hybridized carbons (Fsp3) is 0.393. The molecule has 2 aliphatic heterocycles. The third-order valence-corrected chi connectivity index (χ3v) is 7.15. The van der Waals surface area contributed by atoms with Crippen molar-refractivity contribution in [1.82, 2.24) is 19.7 Å². The zero-order valence-electron chi connectivity index (χ0n) is 19.8. The minimum atomic E-state index is 0.143. The molecule has 5 heteroatoms. The van der Waals surface area contributed by atoms with Crippen molar-refractivity contribution in [3.63, 3.8) is 0 Å². The first-order valence-electron chi connectivity index (χ1n) is 12.2. The second kappa shape index (κ2) is 9.54. The molecule has 1 N–H and O–H groups in total. The number of amides is 1. The number of carbonyl (C=O) groups excluding carboxylic acids is 1. The van der Waals surface area contributed by atoms with E-state index in [0.29, 0.717) is 6.04 Å². The molecular formula is C28H34N4O. The van der Waals surface area contributed by atoms with Crippen LogP contribution in [0.1, 0.15) is 41.8 Å². The lowest BCUT2D eigenvalue weighted by Crippen LogP contribution is -2.50. The number of rotatable bonds is 5. The first kappa shape index (κ1) is 21.9. The van der Waals surface area contributed by atoms with Crippen LogP contribution in [0, 0.1) is 0 Å². The van der Waals surface area contributed by atoms with Gasteiger partial charge in [-0.1, -0.05) is 42.5 Å². The number of benzene rings is 2. The molecule has 0 atom stereocenters. The SMILES string of the molecule is CC(C)N1CCN(C(=O)c2ccc3c(C4=CCN(Cc5ccccc5)CC4)c[nH]c3c2)CC1. The minimum absolute atomic E-state index is 0.143. The van der Waals surface area contributed by atoms with Gasteiger partial charge in [0.1, 0.15) is 0 Å². The highest BCUT2D eigenvalue weighted by molar-refractivity contribution is 6.00. The summed E-state index contributed by atoms with van der Waals surface area (Å²) in [6.07, 6.45) is 5.52. The molecule has 1 aromatic heterocycles. The Kier molecular flexibility index (Phi) is 6.34. The van der Waals surface area contributed by atoms with Crippen LogP contribution in [0.25, 0.3) is 16.5 Å². The molecule has 0 bridgehead atoms. The molecule has 0 spiro atoms. The van der Waals surface area contributed by atoms with Crippen molar-refractivity contribution >= 4 is 22.4 Å². The number of nitrogens with zero attached hydrogens (tertiary/aromatic N) is 3. The largest absolute Gasteiger partial charge is 0.361 e. The van der Waals surface area contributed by atoms with Crippen molar-refractivity contribution in [2.24, 2.45) is 0 Å². The lowest BCUT2D eigenvalue weighted by Gasteiger charge is -2.37. The van der Waals surface area contributed by atoms with Gasteiger partial charge in [0.2, 0.25) is 0 Å². The van der Waals surface area contributed by atoms with E-state index in [-0.39, 0.29) is 5.91 Å². The van der Waals surface area contributed by atoms with E-state index >= 15 is 0 Å². The number of carbonyl (C=O) groups is 1. The maximum atomic E-state index is 13.1. The normalized spacial score (nSPS) is 18.2. The predicted octanol–water partition coefficient (Wildman–Crippen LogP) is 4.62. The topological polar surface area (TPSA) is 42.6 Å². The van der Waals surface area contributed by atoms with Crippen LogP contribution >= 0.6 is 0 Å². The van der Waals surface area contributed by atoms with Crippen molar-refractivity contribution in [1.29, 1.82) is 0 Å². The minimum Gasteiger partial charge on any atom is -0.361 e.